The molecule has 0 aliphatic carbocycles. The number of halogens is 1. The average molecular weight is 353 g/mol. The molecule has 0 aliphatic heterocycles. The van der Waals surface area contributed by atoms with E-state index in [1.165, 1.54) is 0 Å². The number of hydrogen-bond acceptors (Lipinski definition) is 4. The summed E-state index contributed by atoms with van der Waals surface area (Å²) in [7, 11) is 0. The molecule has 0 bridgehead atoms. The van der Waals surface area contributed by atoms with Crippen LogP contribution in [0.2, 0.25) is 0 Å². The Balaban J connectivity index is 2.45. The zero-order valence-electron chi connectivity index (χ0n) is 12.1. The first-order valence-corrected chi connectivity index (χ1v) is 7.45. The first kappa shape index (κ1) is 15.6. The summed E-state index contributed by atoms with van der Waals surface area (Å²) in [5, 5.41) is 20.9. The standard InChI is InChI=1S/C14H17BrN4O2/c1-8(2)12(7-13(20)21)19-14(16-17-18-19)10-5-4-9(3)11(15)6-10/h4-6,8,12H,7H2,1-3H3,(H,20,21). The minimum Gasteiger partial charge on any atom is -0.481 e. The number of aromatic nitrogens is 4. The number of nitrogens with zero attached hydrogens (tertiary/aromatic N) is 4. The number of benzene rings is 1. The van der Waals surface area contributed by atoms with Gasteiger partial charge in [-0.05, 0) is 34.9 Å². The molecule has 2 rings (SSSR count). The SMILES string of the molecule is Cc1ccc(-c2nnnn2C(CC(=O)O)C(C)C)cc1Br. The third-order valence-corrected chi connectivity index (χ3v) is 4.24. The van der Waals surface area contributed by atoms with Crippen LogP contribution in [0, 0.1) is 12.8 Å². The molecule has 0 aliphatic rings. The topological polar surface area (TPSA) is 80.9 Å². The second-order valence-electron chi connectivity index (χ2n) is 5.32. The minimum absolute atomic E-state index is 0.0112. The van der Waals surface area contributed by atoms with Gasteiger partial charge in [-0.1, -0.05) is 41.9 Å². The smallest absolute Gasteiger partial charge is 0.305 e. The first-order chi connectivity index (χ1) is 9.90. The van der Waals surface area contributed by atoms with Crippen molar-refractivity contribution < 1.29 is 9.90 Å². The van der Waals surface area contributed by atoms with Crippen LogP contribution in [0.4, 0.5) is 0 Å². The van der Waals surface area contributed by atoms with Crippen LogP contribution in [0.3, 0.4) is 0 Å². The zero-order chi connectivity index (χ0) is 15.6. The maximum atomic E-state index is 11.1. The number of carboxylic acids is 1. The van der Waals surface area contributed by atoms with Crippen LogP contribution < -0.4 is 0 Å². The molecule has 0 radical (unpaired) electrons. The molecule has 0 fully saturated rings. The Bertz CT molecular complexity index is 654. The highest BCUT2D eigenvalue weighted by molar-refractivity contribution is 9.10. The van der Waals surface area contributed by atoms with Gasteiger partial charge < -0.3 is 5.11 Å². The fraction of sp³-hybridized carbons (Fsp3) is 0.429. The molecule has 0 amide bonds. The van der Waals surface area contributed by atoms with E-state index in [4.69, 9.17) is 5.11 Å². The van der Waals surface area contributed by atoms with Crippen molar-refractivity contribution in [3.8, 4) is 11.4 Å². The molecule has 0 spiro atoms. The van der Waals surface area contributed by atoms with Crippen molar-refractivity contribution in [3.05, 3.63) is 28.2 Å². The van der Waals surface area contributed by atoms with E-state index in [-0.39, 0.29) is 18.4 Å². The van der Waals surface area contributed by atoms with Crippen molar-refractivity contribution in [3.63, 3.8) is 0 Å². The van der Waals surface area contributed by atoms with E-state index in [1.807, 2.05) is 39.0 Å². The van der Waals surface area contributed by atoms with Crippen LogP contribution in [0.15, 0.2) is 22.7 Å². The summed E-state index contributed by atoms with van der Waals surface area (Å²) in [5.41, 5.74) is 1.97. The third-order valence-electron chi connectivity index (χ3n) is 3.39. The normalized spacial score (nSPS) is 12.6. The number of carbonyl (C=O) groups is 1. The highest BCUT2D eigenvalue weighted by atomic mass is 79.9. The van der Waals surface area contributed by atoms with Gasteiger partial charge in [-0.15, -0.1) is 5.10 Å². The van der Waals surface area contributed by atoms with E-state index < -0.39 is 5.97 Å². The van der Waals surface area contributed by atoms with E-state index in [2.05, 4.69) is 31.5 Å². The van der Waals surface area contributed by atoms with Gasteiger partial charge in [0.05, 0.1) is 12.5 Å². The summed E-state index contributed by atoms with van der Waals surface area (Å²) in [5.74, 6) is -0.173. The fourth-order valence-electron chi connectivity index (χ4n) is 2.12. The molecule has 1 N–H and O–H groups in total. The lowest BCUT2D eigenvalue weighted by Gasteiger charge is -2.20. The van der Waals surface area contributed by atoms with Crippen LogP contribution in [-0.2, 0) is 4.79 Å². The summed E-state index contributed by atoms with van der Waals surface area (Å²) < 4.78 is 2.57. The highest BCUT2D eigenvalue weighted by Gasteiger charge is 2.24. The molecular formula is C14H17BrN4O2. The maximum Gasteiger partial charge on any atom is 0.305 e. The summed E-state index contributed by atoms with van der Waals surface area (Å²) in [6, 6.07) is 5.56. The quantitative estimate of drug-likeness (QED) is 0.893. The van der Waals surface area contributed by atoms with E-state index in [0.29, 0.717) is 5.82 Å². The predicted octanol–water partition coefficient (Wildman–Crippen LogP) is 3.08. The second kappa shape index (κ2) is 6.34. The minimum atomic E-state index is -0.861. The third kappa shape index (κ3) is 3.47. The molecular weight excluding hydrogens is 336 g/mol. The van der Waals surface area contributed by atoms with E-state index in [9.17, 15) is 4.79 Å². The molecule has 1 heterocycles. The van der Waals surface area contributed by atoms with Crippen LogP contribution >= 0.6 is 15.9 Å². The summed E-state index contributed by atoms with van der Waals surface area (Å²) in [6.45, 7) is 5.92. The number of hydrogen-bond donors (Lipinski definition) is 1. The number of aliphatic carboxylic acids is 1. The van der Waals surface area contributed by atoms with Crippen LogP contribution in [0.1, 0.15) is 31.9 Å². The molecule has 112 valence electrons. The Hall–Kier alpha value is -1.76. The Morgan fingerprint density at radius 3 is 2.71 bits per heavy atom. The maximum absolute atomic E-state index is 11.1. The average Bonchev–Trinajstić information content (AvgIpc) is 2.87. The first-order valence-electron chi connectivity index (χ1n) is 6.66. The second-order valence-corrected chi connectivity index (χ2v) is 6.17. The summed E-state index contributed by atoms with van der Waals surface area (Å²) in [6.07, 6.45) is -0.0112. The van der Waals surface area contributed by atoms with Crippen molar-refractivity contribution in [1.29, 1.82) is 0 Å². The van der Waals surface area contributed by atoms with Gasteiger partial charge in [-0.3, -0.25) is 4.79 Å². The summed E-state index contributed by atoms with van der Waals surface area (Å²) >= 11 is 3.49. The van der Waals surface area contributed by atoms with Crippen molar-refractivity contribution in [2.24, 2.45) is 5.92 Å². The molecule has 1 unspecified atom stereocenters. The molecule has 1 atom stereocenters. The Labute approximate surface area is 131 Å². The van der Waals surface area contributed by atoms with Gasteiger partial charge >= 0.3 is 5.97 Å². The molecule has 0 saturated carbocycles. The van der Waals surface area contributed by atoms with Crippen molar-refractivity contribution in [2.45, 2.75) is 33.2 Å². The number of aryl methyl sites for hydroxylation is 1. The number of tetrazole rings is 1. The van der Waals surface area contributed by atoms with Gasteiger partial charge in [-0.2, -0.15) is 0 Å². The van der Waals surface area contributed by atoms with Crippen molar-refractivity contribution in [2.75, 3.05) is 0 Å². The van der Waals surface area contributed by atoms with Crippen molar-refractivity contribution in [1.82, 2.24) is 20.2 Å². The summed E-state index contributed by atoms with van der Waals surface area (Å²) in [4.78, 5) is 11.1. The van der Waals surface area contributed by atoms with Crippen LogP contribution in [0.25, 0.3) is 11.4 Å². The van der Waals surface area contributed by atoms with Crippen LogP contribution in [-0.4, -0.2) is 31.3 Å². The molecule has 1 aromatic heterocycles. The predicted molar refractivity (Wildman–Crippen MR) is 81.8 cm³/mol. The fourth-order valence-corrected chi connectivity index (χ4v) is 2.50. The highest BCUT2D eigenvalue weighted by Crippen LogP contribution is 2.28. The van der Waals surface area contributed by atoms with E-state index in [0.717, 1.165) is 15.6 Å². The Morgan fingerprint density at radius 1 is 1.43 bits per heavy atom. The van der Waals surface area contributed by atoms with E-state index in [1.54, 1.807) is 4.68 Å². The molecule has 1 aromatic carbocycles. The van der Waals surface area contributed by atoms with Gasteiger partial charge in [-0.25, -0.2) is 4.68 Å². The van der Waals surface area contributed by atoms with E-state index >= 15 is 0 Å². The Morgan fingerprint density at radius 2 is 2.14 bits per heavy atom. The Kier molecular flexibility index (Phi) is 4.72. The molecule has 21 heavy (non-hydrogen) atoms. The molecule has 0 saturated heterocycles. The lowest BCUT2D eigenvalue weighted by Crippen LogP contribution is -2.21. The lowest BCUT2D eigenvalue weighted by atomic mass is 10.0. The monoisotopic (exact) mass is 352 g/mol. The van der Waals surface area contributed by atoms with Crippen molar-refractivity contribution >= 4 is 21.9 Å². The van der Waals surface area contributed by atoms with Crippen LogP contribution in [0.5, 0.6) is 0 Å². The number of rotatable bonds is 5. The lowest BCUT2D eigenvalue weighted by molar-refractivity contribution is -0.138. The van der Waals surface area contributed by atoms with Gasteiger partial charge in [0, 0.05) is 10.0 Å². The molecule has 6 nitrogen and oxygen atoms in total. The zero-order valence-corrected chi connectivity index (χ0v) is 13.7. The molecule has 7 heteroatoms. The largest absolute Gasteiger partial charge is 0.481 e. The van der Waals surface area contributed by atoms with Gasteiger partial charge in [0.2, 0.25) is 0 Å². The number of carboxylic acid groups (broad SMARTS) is 1. The van der Waals surface area contributed by atoms with Gasteiger partial charge in [0.1, 0.15) is 0 Å². The molecule has 2 aromatic rings. The van der Waals surface area contributed by atoms with Gasteiger partial charge in [0.25, 0.3) is 0 Å². The van der Waals surface area contributed by atoms with Gasteiger partial charge in [0.15, 0.2) is 5.82 Å².